The van der Waals surface area contributed by atoms with Crippen LogP contribution in [0, 0.1) is 11.3 Å². The normalized spacial score (nSPS) is 10.9. The van der Waals surface area contributed by atoms with Gasteiger partial charge in [-0.2, -0.15) is 5.26 Å². The van der Waals surface area contributed by atoms with Crippen molar-refractivity contribution < 1.29 is 9.47 Å². The Balaban J connectivity index is 1.85. The van der Waals surface area contributed by atoms with Crippen LogP contribution in [0.3, 0.4) is 0 Å². The van der Waals surface area contributed by atoms with Gasteiger partial charge in [-0.1, -0.05) is 18.2 Å². The maximum Gasteiger partial charge on any atom is 0.191 e. The van der Waals surface area contributed by atoms with E-state index >= 15 is 0 Å². The summed E-state index contributed by atoms with van der Waals surface area (Å²) in [4.78, 5) is 4.62. The quantitative estimate of drug-likeness (QED) is 0.365. The second kappa shape index (κ2) is 12.3. The first-order valence-electron chi connectivity index (χ1n) is 10.0. The lowest BCUT2D eigenvalue weighted by molar-refractivity contribution is 0.310. The molecule has 0 amide bonds. The van der Waals surface area contributed by atoms with Crippen molar-refractivity contribution in [2.45, 2.75) is 33.2 Å². The van der Waals surface area contributed by atoms with Crippen molar-refractivity contribution in [3.63, 3.8) is 0 Å². The summed E-state index contributed by atoms with van der Waals surface area (Å²) in [5.74, 6) is 2.34. The molecule has 29 heavy (non-hydrogen) atoms. The summed E-state index contributed by atoms with van der Waals surface area (Å²) in [6.45, 7) is 6.81. The number of rotatable bonds is 10. The van der Waals surface area contributed by atoms with Crippen molar-refractivity contribution in [2.24, 2.45) is 4.99 Å². The van der Waals surface area contributed by atoms with Gasteiger partial charge in [0.05, 0.1) is 31.9 Å². The lowest BCUT2D eigenvalue weighted by atomic mass is 10.1. The van der Waals surface area contributed by atoms with Crippen molar-refractivity contribution in [1.82, 2.24) is 10.6 Å². The minimum atomic E-state index is 0.567. The molecule has 0 saturated carbocycles. The molecule has 6 nitrogen and oxygen atoms in total. The van der Waals surface area contributed by atoms with Gasteiger partial charge in [0.25, 0.3) is 0 Å². The predicted octanol–water partition coefficient (Wildman–Crippen LogP) is 3.65. The Morgan fingerprint density at radius 1 is 1.03 bits per heavy atom. The van der Waals surface area contributed by atoms with Crippen molar-refractivity contribution in [1.29, 1.82) is 5.26 Å². The molecule has 0 aliphatic carbocycles. The van der Waals surface area contributed by atoms with Crippen molar-refractivity contribution in [2.75, 3.05) is 26.8 Å². The largest absolute Gasteiger partial charge is 0.493 e. The molecular formula is C23H30N4O2. The van der Waals surface area contributed by atoms with E-state index in [0.29, 0.717) is 18.7 Å². The third-order valence-corrected chi connectivity index (χ3v) is 4.31. The van der Waals surface area contributed by atoms with Crippen LogP contribution in [0.25, 0.3) is 0 Å². The highest BCUT2D eigenvalue weighted by Crippen LogP contribution is 2.28. The van der Waals surface area contributed by atoms with E-state index in [4.69, 9.17) is 14.7 Å². The fraction of sp³-hybridized carbons (Fsp3) is 0.391. The average Bonchev–Trinajstić information content (AvgIpc) is 2.75. The summed E-state index contributed by atoms with van der Waals surface area (Å²) < 4.78 is 11.0. The van der Waals surface area contributed by atoms with Gasteiger partial charge in [0.1, 0.15) is 0 Å². The van der Waals surface area contributed by atoms with E-state index in [1.807, 2.05) is 50.2 Å². The number of ether oxygens (including phenoxy) is 2. The molecule has 0 atom stereocenters. The highest BCUT2D eigenvalue weighted by Gasteiger charge is 2.05. The number of methoxy groups -OCH3 is 1. The lowest BCUT2D eigenvalue weighted by Crippen LogP contribution is -2.37. The first-order chi connectivity index (χ1) is 14.2. The zero-order valence-corrected chi connectivity index (χ0v) is 17.5. The second-order valence-electron chi connectivity index (χ2n) is 6.45. The van der Waals surface area contributed by atoms with Crippen LogP contribution < -0.4 is 20.1 Å². The molecule has 0 bridgehead atoms. The monoisotopic (exact) mass is 394 g/mol. The summed E-state index contributed by atoms with van der Waals surface area (Å²) in [6, 6.07) is 15.7. The number of nitrogens with zero attached hydrogens (tertiary/aromatic N) is 2. The zero-order valence-electron chi connectivity index (χ0n) is 17.5. The maximum absolute atomic E-state index is 8.88. The molecular weight excluding hydrogens is 364 g/mol. The maximum atomic E-state index is 8.88. The minimum Gasteiger partial charge on any atom is -0.493 e. The fourth-order valence-corrected chi connectivity index (χ4v) is 2.84. The molecule has 0 unspecified atom stereocenters. The topological polar surface area (TPSA) is 78.7 Å². The van der Waals surface area contributed by atoms with Gasteiger partial charge >= 0.3 is 0 Å². The Kier molecular flexibility index (Phi) is 9.37. The third-order valence-electron chi connectivity index (χ3n) is 4.31. The third kappa shape index (κ3) is 7.38. The van der Waals surface area contributed by atoms with Crippen LogP contribution in [0.4, 0.5) is 0 Å². The molecule has 0 saturated heterocycles. The lowest BCUT2D eigenvalue weighted by Gasteiger charge is -2.13. The number of aryl methyl sites for hydroxylation is 1. The van der Waals surface area contributed by atoms with Crippen LogP contribution in [0.5, 0.6) is 11.5 Å². The Morgan fingerprint density at radius 2 is 1.79 bits per heavy atom. The van der Waals surface area contributed by atoms with E-state index in [1.165, 1.54) is 5.56 Å². The molecule has 0 heterocycles. The summed E-state index contributed by atoms with van der Waals surface area (Å²) in [5.41, 5.74) is 2.95. The molecule has 0 fully saturated rings. The summed E-state index contributed by atoms with van der Waals surface area (Å²) in [7, 11) is 1.65. The number of benzene rings is 2. The number of guanidine groups is 1. The van der Waals surface area contributed by atoms with Gasteiger partial charge in [-0.3, -0.25) is 0 Å². The van der Waals surface area contributed by atoms with E-state index in [-0.39, 0.29) is 0 Å². The SMILES string of the molecule is CCNC(=NCc1ccc(C#N)cc1)NCCCc1ccc(OC)c(OCC)c1. The van der Waals surface area contributed by atoms with Crippen LogP contribution in [-0.2, 0) is 13.0 Å². The van der Waals surface area contributed by atoms with Gasteiger partial charge in [-0.15, -0.1) is 0 Å². The number of nitriles is 1. The molecule has 2 rings (SSSR count). The minimum absolute atomic E-state index is 0.567. The van der Waals surface area contributed by atoms with Crippen molar-refractivity contribution in [3.8, 4) is 17.6 Å². The van der Waals surface area contributed by atoms with Crippen LogP contribution in [0.2, 0.25) is 0 Å². The number of nitrogens with one attached hydrogen (secondary N) is 2. The highest BCUT2D eigenvalue weighted by atomic mass is 16.5. The number of hydrogen-bond acceptors (Lipinski definition) is 4. The van der Waals surface area contributed by atoms with Gasteiger partial charge in [0, 0.05) is 13.1 Å². The van der Waals surface area contributed by atoms with E-state index in [0.717, 1.165) is 49.0 Å². The van der Waals surface area contributed by atoms with E-state index in [9.17, 15) is 0 Å². The van der Waals surface area contributed by atoms with Gasteiger partial charge in [0.2, 0.25) is 0 Å². The molecule has 2 aromatic carbocycles. The van der Waals surface area contributed by atoms with Gasteiger partial charge in [-0.25, -0.2) is 4.99 Å². The first kappa shape index (κ1) is 22.1. The summed E-state index contributed by atoms with van der Waals surface area (Å²) in [5, 5.41) is 15.5. The van der Waals surface area contributed by atoms with Crippen LogP contribution in [0.15, 0.2) is 47.5 Å². The molecule has 154 valence electrons. The Morgan fingerprint density at radius 3 is 2.45 bits per heavy atom. The smallest absolute Gasteiger partial charge is 0.191 e. The van der Waals surface area contributed by atoms with Crippen molar-refractivity contribution in [3.05, 3.63) is 59.2 Å². The molecule has 2 aromatic rings. The first-order valence-corrected chi connectivity index (χ1v) is 10.0. The van der Waals surface area contributed by atoms with Crippen LogP contribution >= 0.6 is 0 Å². The van der Waals surface area contributed by atoms with E-state index in [1.54, 1.807) is 7.11 Å². The Bertz CT molecular complexity index is 826. The van der Waals surface area contributed by atoms with Gasteiger partial charge in [0.15, 0.2) is 17.5 Å². The predicted molar refractivity (Wildman–Crippen MR) is 116 cm³/mol. The second-order valence-corrected chi connectivity index (χ2v) is 6.45. The fourth-order valence-electron chi connectivity index (χ4n) is 2.84. The average molecular weight is 395 g/mol. The van der Waals surface area contributed by atoms with Gasteiger partial charge in [-0.05, 0) is 62.1 Å². The molecule has 0 spiro atoms. The zero-order chi connectivity index (χ0) is 20.9. The summed E-state index contributed by atoms with van der Waals surface area (Å²) >= 11 is 0. The molecule has 2 N–H and O–H groups in total. The molecule has 0 radical (unpaired) electrons. The van der Waals surface area contributed by atoms with Crippen LogP contribution in [-0.4, -0.2) is 32.8 Å². The highest BCUT2D eigenvalue weighted by molar-refractivity contribution is 5.79. The van der Waals surface area contributed by atoms with Crippen molar-refractivity contribution >= 4 is 5.96 Å². The van der Waals surface area contributed by atoms with Crippen LogP contribution in [0.1, 0.15) is 37.0 Å². The summed E-state index contributed by atoms with van der Waals surface area (Å²) in [6.07, 6.45) is 1.91. The van der Waals surface area contributed by atoms with Gasteiger partial charge < -0.3 is 20.1 Å². The van der Waals surface area contributed by atoms with E-state index in [2.05, 4.69) is 27.8 Å². The number of hydrogen-bond donors (Lipinski definition) is 2. The molecule has 0 aliphatic rings. The Labute approximate surface area is 173 Å². The standard InChI is InChI=1S/C23H30N4O2/c1-4-25-23(27-17-20-10-8-19(16-24)9-11-20)26-14-6-7-18-12-13-21(28-3)22(15-18)29-5-2/h8-13,15H,4-7,14,17H2,1-3H3,(H2,25,26,27). The number of aliphatic imine (C=N–C) groups is 1. The molecule has 6 heteroatoms. The van der Waals surface area contributed by atoms with E-state index < -0.39 is 0 Å². The Hall–Kier alpha value is -3.20. The molecule has 0 aliphatic heterocycles. The molecule has 0 aromatic heterocycles.